The third-order valence-corrected chi connectivity index (χ3v) is 3.34. The summed E-state index contributed by atoms with van der Waals surface area (Å²) in [5.41, 5.74) is 1.98. The van der Waals surface area contributed by atoms with Crippen LogP contribution in [0.2, 0.25) is 0 Å². The Hall–Kier alpha value is -2.09. The lowest BCUT2D eigenvalue weighted by Crippen LogP contribution is -2.12. The normalized spacial score (nSPS) is 10.4. The van der Waals surface area contributed by atoms with Gasteiger partial charge in [0.1, 0.15) is 5.82 Å². The third-order valence-electron chi connectivity index (χ3n) is 2.70. The molecule has 2 aromatic heterocycles. The molecule has 98 valence electrons. The first-order valence-corrected chi connectivity index (χ1v) is 6.94. The molecule has 20 heavy (non-hydrogen) atoms. The van der Waals surface area contributed by atoms with E-state index in [4.69, 9.17) is 0 Å². The summed E-state index contributed by atoms with van der Waals surface area (Å²) in [5.74, 6) is 0.306. The van der Waals surface area contributed by atoms with Crippen molar-refractivity contribution >= 4 is 45.3 Å². The van der Waals surface area contributed by atoms with Gasteiger partial charge in [-0.05, 0) is 52.9 Å². The molecule has 2 heterocycles. The van der Waals surface area contributed by atoms with E-state index in [-0.39, 0.29) is 5.91 Å². The number of pyridine rings is 1. The second kappa shape index (κ2) is 5.49. The SMILES string of the molecule is O=C(Nc1ccc(I)cn1)c1ccc2nccnc2c1. The molecular formula is C14H9IN4O. The Balaban J connectivity index is 1.86. The van der Waals surface area contributed by atoms with Crippen LogP contribution in [0.5, 0.6) is 0 Å². The highest BCUT2D eigenvalue weighted by molar-refractivity contribution is 14.1. The highest BCUT2D eigenvalue weighted by Crippen LogP contribution is 2.13. The standard InChI is InChI=1S/C14H9IN4O/c15-10-2-4-13(18-8-10)19-14(20)9-1-3-11-12(7-9)17-6-5-16-11/h1-8H,(H,18,19,20). The van der Waals surface area contributed by atoms with Gasteiger partial charge >= 0.3 is 0 Å². The molecule has 0 spiro atoms. The summed E-state index contributed by atoms with van der Waals surface area (Å²) in [6, 6.07) is 8.86. The highest BCUT2D eigenvalue weighted by Gasteiger charge is 2.08. The maximum absolute atomic E-state index is 12.1. The van der Waals surface area contributed by atoms with Gasteiger partial charge in [-0.3, -0.25) is 14.8 Å². The fourth-order valence-electron chi connectivity index (χ4n) is 1.74. The van der Waals surface area contributed by atoms with E-state index >= 15 is 0 Å². The molecule has 3 aromatic rings. The second-order valence-corrected chi connectivity index (χ2v) is 5.32. The van der Waals surface area contributed by atoms with Crippen molar-refractivity contribution in [3.05, 3.63) is 58.1 Å². The summed E-state index contributed by atoms with van der Waals surface area (Å²) in [4.78, 5) is 24.6. The van der Waals surface area contributed by atoms with Gasteiger partial charge in [0.05, 0.1) is 11.0 Å². The number of fused-ring (bicyclic) bond motifs is 1. The van der Waals surface area contributed by atoms with Crippen molar-refractivity contribution in [1.82, 2.24) is 15.0 Å². The van der Waals surface area contributed by atoms with E-state index in [0.29, 0.717) is 16.9 Å². The third kappa shape index (κ3) is 2.74. The molecule has 6 heteroatoms. The molecule has 0 aliphatic heterocycles. The molecule has 0 bridgehead atoms. The Kier molecular flexibility index (Phi) is 3.55. The molecule has 0 fully saturated rings. The van der Waals surface area contributed by atoms with Gasteiger partial charge in [0.2, 0.25) is 0 Å². The summed E-state index contributed by atoms with van der Waals surface area (Å²) in [6.45, 7) is 0. The number of rotatable bonds is 2. The molecule has 0 atom stereocenters. The molecule has 0 unspecified atom stereocenters. The van der Waals surface area contributed by atoms with Crippen LogP contribution >= 0.6 is 22.6 Å². The van der Waals surface area contributed by atoms with Gasteiger partial charge in [0.15, 0.2) is 0 Å². The van der Waals surface area contributed by atoms with E-state index < -0.39 is 0 Å². The summed E-state index contributed by atoms with van der Waals surface area (Å²) in [7, 11) is 0. The molecule has 1 aromatic carbocycles. The first-order chi connectivity index (χ1) is 9.72. The average Bonchev–Trinajstić information content (AvgIpc) is 2.49. The number of anilines is 1. The van der Waals surface area contributed by atoms with Gasteiger partial charge in [-0.2, -0.15) is 0 Å². The van der Waals surface area contributed by atoms with Crippen LogP contribution in [0.15, 0.2) is 48.9 Å². The Morgan fingerprint density at radius 2 is 1.80 bits per heavy atom. The summed E-state index contributed by atoms with van der Waals surface area (Å²) in [5, 5.41) is 2.75. The van der Waals surface area contributed by atoms with Gasteiger partial charge in [-0.1, -0.05) is 0 Å². The average molecular weight is 376 g/mol. The number of amides is 1. The number of benzene rings is 1. The Morgan fingerprint density at radius 3 is 2.55 bits per heavy atom. The Bertz CT molecular complexity index is 773. The zero-order chi connectivity index (χ0) is 13.9. The topological polar surface area (TPSA) is 67.8 Å². The predicted octanol–water partition coefficient (Wildman–Crippen LogP) is 2.88. The number of hydrogen-bond acceptors (Lipinski definition) is 4. The number of nitrogens with zero attached hydrogens (tertiary/aromatic N) is 3. The van der Waals surface area contributed by atoms with E-state index in [1.54, 1.807) is 42.9 Å². The fourth-order valence-corrected chi connectivity index (χ4v) is 2.06. The van der Waals surface area contributed by atoms with Gasteiger partial charge in [0.25, 0.3) is 5.91 Å². The molecule has 1 N–H and O–H groups in total. The number of nitrogens with one attached hydrogen (secondary N) is 1. The zero-order valence-electron chi connectivity index (χ0n) is 10.2. The van der Waals surface area contributed by atoms with Crippen LogP contribution in [0.25, 0.3) is 11.0 Å². The zero-order valence-corrected chi connectivity index (χ0v) is 12.4. The molecular weight excluding hydrogens is 367 g/mol. The van der Waals surface area contributed by atoms with E-state index in [2.05, 4.69) is 42.9 Å². The van der Waals surface area contributed by atoms with Crippen molar-refractivity contribution in [3.8, 4) is 0 Å². The molecule has 0 aliphatic carbocycles. The quantitative estimate of drug-likeness (QED) is 0.699. The van der Waals surface area contributed by atoms with Crippen molar-refractivity contribution in [2.24, 2.45) is 0 Å². The number of carbonyl (C=O) groups is 1. The first kappa shape index (κ1) is 12.9. The number of hydrogen-bond donors (Lipinski definition) is 1. The van der Waals surface area contributed by atoms with E-state index in [9.17, 15) is 4.79 Å². The van der Waals surface area contributed by atoms with E-state index in [1.807, 2.05) is 6.07 Å². The van der Waals surface area contributed by atoms with Crippen molar-refractivity contribution in [3.63, 3.8) is 0 Å². The lowest BCUT2D eigenvalue weighted by molar-refractivity contribution is 0.102. The van der Waals surface area contributed by atoms with Gasteiger partial charge < -0.3 is 5.32 Å². The minimum atomic E-state index is -0.216. The lowest BCUT2D eigenvalue weighted by atomic mass is 10.2. The minimum Gasteiger partial charge on any atom is -0.307 e. The van der Waals surface area contributed by atoms with Crippen LogP contribution in [0, 0.1) is 3.57 Å². The van der Waals surface area contributed by atoms with Gasteiger partial charge in [-0.15, -0.1) is 0 Å². The first-order valence-electron chi connectivity index (χ1n) is 5.86. The molecule has 3 rings (SSSR count). The fraction of sp³-hybridized carbons (Fsp3) is 0. The van der Waals surface area contributed by atoms with Crippen LogP contribution in [-0.4, -0.2) is 20.9 Å². The molecule has 0 aliphatic rings. The van der Waals surface area contributed by atoms with Crippen molar-refractivity contribution < 1.29 is 4.79 Å². The molecule has 0 saturated carbocycles. The molecule has 0 radical (unpaired) electrons. The molecule has 0 saturated heterocycles. The summed E-state index contributed by atoms with van der Waals surface area (Å²) >= 11 is 2.16. The summed E-state index contributed by atoms with van der Waals surface area (Å²) in [6.07, 6.45) is 4.92. The van der Waals surface area contributed by atoms with Crippen LogP contribution in [-0.2, 0) is 0 Å². The highest BCUT2D eigenvalue weighted by atomic mass is 127. The van der Waals surface area contributed by atoms with E-state index in [1.165, 1.54) is 0 Å². The molecule has 5 nitrogen and oxygen atoms in total. The van der Waals surface area contributed by atoms with Crippen LogP contribution in [0.1, 0.15) is 10.4 Å². The minimum absolute atomic E-state index is 0.216. The predicted molar refractivity (Wildman–Crippen MR) is 84.4 cm³/mol. The number of halogens is 1. The summed E-state index contributed by atoms with van der Waals surface area (Å²) < 4.78 is 1.02. The Morgan fingerprint density at radius 1 is 1.00 bits per heavy atom. The van der Waals surface area contributed by atoms with Gasteiger partial charge in [-0.25, -0.2) is 4.98 Å². The number of carbonyl (C=O) groups excluding carboxylic acids is 1. The van der Waals surface area contributed by atoms with Crippen molar-refractivity contribution in [1.29, 1.82) is 0 Å². The van der Waals surface area contributed by atoms with E-state index in [0.717, 1.165) is 9.09 Å². The number of aromatic nitrogens is 3. The van der Waals surface area contributed by atoms with Crippen LogP contribution < -0.4 is 5.32 Å². The smallest absolute Gasteiger partial charge is 0.256 e. The Labute approximate surface area is 128 Å². The molecule has 1 amide bonds. The lowest BCUT2D eigenvalue weighted by Gasteiger charge is -2.05. The monoisotopic (exact) mass is 376 g/mol. The van der Waals surface area contributed by atoms with Crippen LogP contribution in [0.3, 0.4) is 0 Å². The second-order valence-electron chi connectivity index (χ2n) is 4.08. The maximum atomic E-state index is 12.1. The van der Waals surface area contributed by atoms with Gasteiger partial charge in [0, 0.05) is 27.7 Å². The maximum Gasteiger partial charge on any atom is 0.256 e. The largest absolute Gasteiger partial charge is 0.307 e. The van der Waals surface area contributed by atoms with Crippen LogP contribution in [0.4, 0.5) is 5.82 Å². The van der Waals surface area contributed by atoms with Crippen molar-refractivity contribution in [2.75, 3.05) is 5.32 Å². The van der Waals surface area contributed by atoms with Crippen molar-refractivity contribution in [2.45, 2.75) is 0 Å².